The summed E-state index contributed by atoms with van der Waals surface area (Å²) in [4.78, 5) is 47.4. The number of pyridine rings is 1. The Morgan fingerprint density at radius 2 is 1.85 bits per heavy atom. The Hall–Kier alpha value is -4.25. The number of aryl methyl sites for hydroxylation is 1. The molecule has 2 amide bonds. The molecule has 0 bridgehead atoms. The molecule has 17 heteroatoms. The fourth-order valence-electron chi connectivity index (χ4n) is 5.59. The molecular formula is C29H35F3N8O5S. The van der Waals surface area contributed by atoms with Gasteiger partial charge in [-0.15, -0.1) is 0 Å². The van der Waals surface area contributed by atoms with Gasteiger partial charge in [0, 0.05) is 70.7 Å². The third-order valence-corrected chi connectivity index (χ3v) is 9.64. The lowest BCUT2D eigenvalue weighted by atomic mass is 10.0. The van der Waals surface area contributed by atoms with Crippen LogP contribution in [0, 0.1) is 11.6 Å². The third kappa shape index (κ3) is 7.25. The molecule has 0 spiro atoms. The number of likely N-dealkylation sites (tertiary alicyclic amines) is 1. The smallest absolute Gasteiger partial charge is 0.301 e. The van der Waals surface area contributed by atoms with Crippen LogP contribution in [0.15, 0.2) is 29.2 Å². The number of amides is 2. The van der Waals surface area contributed by atoms with Crippen molar-refractivity contribution in [1.29, 1.82) is 0 Å². The van der Waals surface area contributed by atoms with E-state index in [0.717, 1.165) is 21.0 Å². The lowest BCUT2D eigenvalue weighted by molar-refractivity contribution is -0.130. The zero-order valence-corrected chi connectivity index (χ0v) is 26.2. The van der Waals surface area contributed by atoms with Crippen molar-refractivity contribution in [2.45, 2.75) is 51.2 Å². The van der Waals surface area contributed by atoms with Gasteiger partial charge in [0.2, 0.25) is 17.8 Å². The Kier molecular flexibility index (Phi) is 9.81. The summed E-state index contributed by atoms with van der Waals surface area (Å²) in [6.07, 6.45) is 2.18. The molecule has 1 atom stereocenters. The molecule has 2 aliphatic rings. The van der Waals surface area contributed by atoms with E-state index in [4.69, 9.17) is 0 Å². The second-order valence-electron chi connectivity index (χ2n) is 11.4. The molecule has 0 radical (unpaired) electrons. The zero-order valence-electron chi connectivity index (χ0n) is 25.4. The maximum absolute atomic E-state index is 15.6. The first-order valence-electron chi connectivity index (χ1n) is 14.9. The van der Waals surface area contributed by atoms with Crippen LogP contribution in [0.4, 0.5) is 24.8 Å². The normalized spacial score (nSPS) is 17.8. The van der Waals surface area contributed by atoms with Gasteiger partial charge < -0.3 is 15.5 Å². The Labute approximate surface area is 263 Å². The Bertz CT molecular complexity index is 1810. The van der Waals surface area contributed by atoms with Crippen molar-refractivity contribution >= 4 is 44.7 Å². The molecule has 3 aromatic rings. The molecule has 13 nitrogen and oxygen atoms in total. The highest BCUT2D eigenvalue weighted by atomic mass is 32.2. The molecule has 4 heterocycles. The van der Waals surface area contributed by atoms with Crippen molar-refractivity contribution < 1.29 is 31.2 Å². The molecule has 0 saturated carbocycles. The van der Waals surface area contributed by atoms with Crippen LogP contribution < -0.4 is 20.9 Å². The van der Waals surface area contributed by atoms with Gasteiger partial charge in [-0.1, -0.05) is 0 Å². The van der Waals surface area contributed by atoms with E-state index in [9.17, 15) is 31.6 Å². The van der Waals surface area contributed by atoms with Crippen LogP contribution in [0.5, 0.6) is 0 Å². The number of carbonyl (C=O) groups is 2. The average Bonchev–Trinajstić information content (AvgIpc) is 3.47. The van der Waals surface area contributed by atoms with E-state index in [0.29, 0.717) is 38.9 Å². The number of fused-ring (bicyclic) bond motifs is 1. The van der Waals surface area contributed by atoms with Crippen molar-refractivity contribution in [3.05, 3.63) is 46.4 Å². The Morgan fingerprint density at radius 1 is 1.11 bits per heavy atom. The van der Waals surface area contributed by atoms with Gasteiger partial charge in [0.15, 0.2) is 5.82 Å². The topological polar surface area (TPSA) is 159 Å². The number of aromatic nitrogens is 3. The summed E-state index contributed by atoms with van der Waals surface area (Å²) in [5.74, 6) is -2.29. The first kappa shape index (κ1) is 33.1. The first-order valence-corrected chi connectivity index (χ1v) is 16.3. The standard InChI is InChI=1S/C29H35F3N8O5S/c1-17(41)39-11-8-20(9-12-39)35-24(42)4-3-10-33-29-34-15-18-14-21(28(43)38(2)27(18)36-29)25-22(31)5-6-23(26(25)32)37-46(44,45)40-13-7-19(30)16-40/h5-6,14-15,19-20,37H,3-4,7-13,16H2,1-2H3,(H,35,42)(H,33,34,36)/t19-/m1/s1. The van der Waals surface area contributed by atoms with Crippen LogP contribution in [0.2, 0.25) is 0 Å². The van der Waals surface area contributed by atoms with Gasteiger partial charge in [-0.25, -0.2) is 18.2 Å². The molecule has 1 aromatic carbocycles. The van der Waals surface area contributed by atoms with Gasteiger partial charge in [0.1, 0.15) is 17.6 Å². The van der Waals surface area contributed by atoms with Gasteiger partial charge in [-0.05, 0) is 43.9 Å². The van der Waals surface area contributed by atoms with Crippen LogP contribution in [0.1, 0.15) is 39.0 Å². The minimum atomic E-state index is -4.33. The predicted octanol–water partition coefficient (Wildman–Crippen LogP) is 2.29. The van der Waals surface area contributed by atoms with Gasteiger partial charge >= 0.3 is 10.2 Å². The summed E-state index contributed by atoms with van der Waals surface area (Å²) in [6.45, 7) is 2.65. The highest BCUT2D eigenvalue weighted by molar-refractivity contribution is 7.90. The molecule has 2 saturated heterocycles. The fourth-order valence-corrected chi connectivity index (χ4v) is 6.85. The second kappa shape index (κ2) is 13.6. The number of rotatable bonds is 10. The summed E-state index contributed by atoms with van der Waals surface area (Å²) >= 11 is 0. The maximum atomic E-state index is 15.6. The minimum Gasteiger partial charge on any atom is -0.354 e. The number of alkyl halides is 1. The van der Waals surface area contributed by atoms with Gasteiger partial charge in [-0.2, -0.15) is 17.7 Å². The first-order chi connectivity index (χ1) is 21.8. The monoisotopic (exact) mass is 664 g/mol. The molecule has 248 valence electrons. The van der Waals surface area contributed by atoms with Crippen LogP contribution in [0.25, 0.3) is 22.2 Å². The molecule has 2 fully saturated rings. The average molecular weight is 665 g/mol. The summed E-state index contributed by atoms with van der Waals surface area (Å²) in [5.41, 5.74) is -2.33. The number of piperidine rings is 1. The van der Waals surface area contributed by atoms with E-state index >= 15 is 4.39 Å². The number of nitrogens with zero attached hydrogens (tertiary/aromatic N) is 5. The summed E-state index contributed by atoms with van der Waals surface area (Å²) in [5, 5.41) is 6.29. The molecule has 2 aliphatic heterocycles. The highest BCUT2D eigenvalue weighted by Gasteiger charge is 2.32. The van der Waals surface area contributed by atoms with Gasteiger partial charge in [0.25, 0.3) is 5.56 Å². The molecule has 0 aliphatic carbocycles. The lowest BCUT2D eigenvalue weighted by Gasteiger charge is -2.31. The Balaban J connectivity index is 1.25. The van der Waals surface area contributed by atoms with Crippen molar-refractivity contribution in [1.82, 2.24) is 29.1 Å². The van der Waals surface area contributed by atoms with E-state index in [1.54, 1.807) is 4.90 Å². The number of nitrogens with one attached hydrogen (secondary N) is 3. The van der Waals surface area contributed by atoms with E-state index in [1.165, 1.54) is 26.2 Å². The molecule has 2 aromatic heterocycles. The number of halogens is 3. The number of benzene rings is 1. The highest BCUT2D eigenvalue weighted by Crippen LogP contribution is 2.31. The Morgan fingerprint density at radius 3 is 2.52 bits per heavy atom. The molecule has 5 rings (SSSR count). The molecule has 3 N–H and O–H groups in total. The van der Waals surface area contributed by atoms with Crippen LogP contribution in [0.3, 0.4) is 0 Å². The quantitative estimate of drug-likeness (QED) is 0.279. The van der Waals surface area contributed by atoms with Gasteiger partial charge in [-0.3, -0.25) is 23.7 Å². The number of hydrogen-bond acceptors (Lipinski definition) is 8. The van der Waals surface area contributed by atoms with E-state index in [2.05, 4.69) is 20.6 Å². The van der Waals surface area contributed by atoms with E-state index < -0.39 is 44.8 Å². The molecule has 46 heavy (non-hydrogen) atoms. The van der Waals surface area contributed by atoms with Crippen molar-refractivity contribution in [3.8, 4) is 11.1 Å². The second-order valence-corrected chi connectivity index (χ2v) is 13.1. The zero-order chi connectivity index (χ0) is 33.2. The van der Waals surface area contributed by atoms with E-state index in [1.807, 2.05) is 4.72 Å². The summed E-state index contributed by atoms with van der Waals surface area (Å²) in [6, 6.07) is 2.98. The number of carbonyl (C=O) groups excluding carboxylic acids is 2. The molecule has 0 unspecified atom stereocenters. The predicted molar refractivity (Wildman–Crippen MR) is 165 cm³/mol. The SMILES string of the molecule is CC(=O)N1CCC(NC(=O)CCCNc2ncc3cc(-c4c(F)ccc(NS(=O)(=O)N5CC[C@@H](F)C5)c4F)c(=O)n(C)c3n2)CC1. The van der Waals surface area contributed by atoms with Crippen molar-refractivity contribution in [2.24, 2.45) is 7.05 Å². The number of anilines is 2. The maximum Gasteiger partial charge on any atom is 0.301 e. The van der Waals surface area contributed by atoms with Crippen molar-refractivity contribution in [2.75, 3.05) is 42.8 Å². The third-order valence-electron chi connectivity index (χ3n) is 8.15. The van der Waals surface area contributed by atoms with Crippen LogP contribution >= 0.6 is 0 Å². The van der Waals surface area contributed by atoms with Crippen LogP contribution in [-0.2, 0) is 26.8 Å². The fraction of sp³-hybridized carbons (Fsp3) is 0.483. The largest absolute Gasteiger partial charge is 0.354 e. The lowest BCUT2D eigenvalue weighted by Crippen LogP contribution is -2.46. The van der Waals surface area contributed by atoms with Crippen molar-refractivity contribution in [3.63, 3.8) is 0 Å². The summed E-state index contributed by atoms with van der Waals surface area (Å²) in [7, 11) is -2.95. The minimum absolute atomic E-state index is 0.00589. The van der Waals surface area contributed by atoms with Gasteiger partial charge in [0.05, 0.1) is 16.8 Å². The van der Waals surface area contributed by atoms with Crippen LogP contribution in [-0.4, -0.2) is 88.9 Å². The van der Waals surface area contributed by atoms with E-state index in [-0.39, 0.29) is 66.3 Å². The summed E-state index contributed by atoms with van der Waals surface area (Å²) < 4.78 is 73.4. The molecular weight excluding hydrogens is 629 g/mol. The number of hydrogen-bond donors (Lipinski definition) is 3.